The third kappa shape index (κ3) is 4.82. The molecule has 0 bridgehead atoms. The van der Waals surface area contributed by atoms with Crippen molar-refractivity contribution in [3.63, 3.8) is 0 Å². The van der Waals surface area contributed by atoms with Crippen LogP contribution in [0.1, 0.15) is 10.4 Å². The maximum Gasteiger partial charge on any atom is 0.283 e. The molecule has 10 heteroatoms. The molecule has 3 aromatic rings. The van der Waals surface area contributed by atoms with E-state index in [1.165, 1.54) is 20.3 Å². The van der Waals surface area contributed by atoms with Crippen LogP contribution in [0, 0.1) is 0 Å². The van der Waals surface area contributed by atoms with Gasteiger partial charge in [-0.1, -0.05) is 17.7 Å². The van der Waals surface area contributed by atoms with Crippen LogP contribution >= 0.6 is 11.6 Å². The molecule has 9 nitrogen and oxygen atoms in total. The SMILES string of the molecule is COc1cccc(NC(=O)c2ccc(NC3=C(Cl)C(=O)N(c4cc(OC)ccc4OC)C3=O)cc2)c1. The zero-order valence-corrected chi connectivity index (χ0v) is 20.4. The molecule has 1 aliphatic heterocycles. The molecule has 0 radical (unpaired) electrons. The molecule has 0 unspecified atom stereocenters. The summed E-state index contributed by atoms with van der Waals surface area (Å²) in [4.78, 5) is 39.5. The summed E-state index contributed by atoms with van der Waals surface area (Å²) >= 11 is 6.24. The Kier molecular flexibility index (Phi) is 7.12. The van der Waals surface area contributed by atoms with Crippen molar-refractivity contribution in [3.8, 4) is 17.2 Å². The van der Waals surface area contributed by atoms with Gasteiger partial charge in [-0.15, -0.1) is 0 Å². The van der Waals surface area contributed by atoms with E-state index in [9.17, 15) is 14.4 Å². The molecule has 0 aliphatic carbocycles. The van der Waals surface area contributed by atoms with Gasteiger partial charge < -0.3 is 24.8 Å². The molecule has 0 fully saturated rings. The zero-order chi connectivity index (χ0) is 25.8. The number of nitrogens with zero attached hydrogens (tertiary/aromatic N) is 1. The maximum absolute atomic E-state index is 13.2. The highest BCUT2D eigenvalue weighted by atomic mass is 35.5. The Morgan fingerprint density at radius 2 is 1.50 bits per heavy atom. The number of methoxy groups -OCH3 is 3. The van der Waals surface area contributed by atoms with Crippen LogP contribution < -0.4 is 29.7 Å². The Morgan fingerprint density at radius 1 is 0.806 bits per heavy atom. The van der Waals surface area contributed by atoms with Gasteiger partial charge in [0.2, 0.25) is 0 Å². The second-order valence-corrected chi connectivity index (χ2v) is 7.94. The molecular formula is C26H22ClN3O6. The minimum Gasteiger partial charge on any atom is -0.497 e. The molecule has 184 valence electrons. The molecule has 1 heterocycles. The number of nitrogens with one attached hydrogen (secondary N) is 2. The van der Waals surface area contributed by atoms with Gasteiger partial charge >= 0.3 is 0 Å². The predicted octanol–water partition coefficient (Wildman–Crippen LogP) is 4.40. The van der Waals surface area contributed by atoms with E-state index in [4.69, 9.17) is 25.8 Å². The lowest BCUT2D eigenvalue weighted by molar-refractivity contribution is -0.120. The molecule has 1 aliphatic rings. The Labute approximate surface area is 212 Å². The minimum atomic E-state index is -0.704. The summed E-state index contributed by atoms with van der Waals surface area (Å²) < 4.78 is 15.7. The predicted molar refractivity (Wildman–Crippen MR) is 136 cm³/mol. The number of benzene rings is 3. The van der Waals surface area contributed by atoms with Crippen molar-refractivity contribution in [3.05, 3.63) is 83.0 Å². The van der Waals surface area contributed by atoms with Crippen LogP contribution in [0.3, 0.4) is 0 Å². The van der Waals surface area contributed by atoms with E-state index in [1.54, 1.807) is 67.8 Å². The zero-order valence-electron chi connectivity index (χ0n) is 19.6. The van der Waals surface area contributed by atoms with Gasteiger partial charge in [-0.2, -0.15) is 0 Å². The molecule has 3 amide bonds. The van der Waals surface area contributed by atoms with Gasteiger partial charge in [-0.3, -0.25) is 14.4 Å². The molecule has 3 aromatic carbocycles. The lowest BCUT2D eigenvalue weighted by atomic mass is 10.2. The van der Waals surface area contributed by atoms with Crippen LogP contribution in [0.25, 0.3) is 0 Å². The van der Waals surface area contributed by atoms with E-state index in [-0.39, 0.29) is 22.3 Å². The third-order valence-electron chi connectivity index (χ3n) is 5.40. The standard InChI is InChI=1S/C26H22ClN3O6/c1-34-18-6-4-5-17(13-18)29-24(31)15-7-9-16(10-8-15)28-23-22(27)25(32)30(26(23)33)20-14-19(35-2)11-12-21(20)36-3/h4-14,28H,1-3H3,(H,29,31). The second-order valence-electron chi connectivity index (χ2n) is 7.56. The van der Waals surface area contributed by atoms with Crippen LogP contribution in [-0.4, -0.2) is 39.1 Å². The summed E-state index contributed by atoms with van der Waals surface area (Å²) in [7, 11) is 4.44. The van der Waals surface area contributed by atoms with Gasteiger partial charge in [0.05, 0.1) is 27.0 Å². The highest BCUT2D eigenvalue weighted by Crippen LogP contribution is 2.38. The first-order chi connectivity index (χ1) is 17.4. The molecule has 2 N–H and O–H groups in total. The van der Waals surface area contributed by atoms with E-state index in [0.29, 0.717) is 34.2 Å². The average Bonchev–Trinajstić information content (AvgIpc) is 3.11. The topological polar surface area (TPSA) is 106 Å². The molecule has 0 saturated carbocycles. The number of rotatable bonds is 8. The number of imide groups is 1. The summed E-state index contributed by atoms with van der Waals surface area (Å²) in [5.74, 6) is -0.327. The van der Waals surface area contributed by atoms with Crippen LogP contribution in [0.4, 0.5) is 17.1 Å². The maximum atomic E-state index is 13.2. The van der Waals surface area contributed by atoms with Crippen LogP contribution in [0.5, 0.6) is 17.2 Å². The number of hydrogen-bond donors (Lipinski definition) is 2. The first-order valence-electron chi connectivity index (χ1n) is 10.7. The van der Waals surface area contributed by atoms with Gasteiger partial charge in [0.1, 0.15) is 28.0 Å². The number of carbonyl (C=O) groups excluding carboxylic acids is 3. The van der Waals surface area contributed by atoms with Crippen molar-refractivity contribution in [2.45, 2.75) is 0 Å². The van der Waals surface area contributed by atoms with Gasteiger partial charge in [0.15, 0.2) is 0 Å². The Morgan fingerprint density at radius 3 is 2.17 bits per heavy atom. The lowest BCUT2D eigenvalue weighted by Crippen LogP contribution is -2.32. The van der Waals surface area contributed by atoms with E-state index >= 15 is 0 Å². The van der Waals surface area contributed by atoms with Gasteiger partial charge in [-0.25, -0.2) is 4.90 Å². The van der Waals surface area contributed by atoms with Crippen molar-refractivity contribution in [2.75, 3.05) is 36.9 Å². The lowest BCUT2D eigenvalue weighted by Gasteiger charge is -2.19. The highest BCUT2D eigenvalue weighted by molar-refractivity contribution is 6.53. The number of ether oxygens (including phenoxy) is 3. The number of amides is 3. The molecule has 0 spiro atoms. The molecule has 0 aromatic heterocycles. The Hall–Kier alpha value is -4.50. The molecule has 36 heavy (non-hydrogen) atoms. The second kappa shape index (κ2) is 10.4. The normalized spacial score (nSPS) is 13.1. The monoisotopic (exact) mass is 507 g/mol. The average molecular weight is 508 g/mol. The quantitative estimate of drug-likeness (QED) is 0.435. The third-order valence-corrected chi connectivity index (χ3v) is 5.75. The number of halogens is 1. The number of anilines is 3. The fraction of sp³-hybridized carbons (Fsp3) is 0.115. The van der Waals surface area contributed by atoms with Crippen molar-refractivity contribution < 1.29 is 28.6 Å². The number of carbonyl (C=O) groups is 3. The van der Waals surface area contributed by atoms with Crippen LogP contribution in [-0.2, 0) is 9.59 Å². The van der Waals surface area contributed by atoms with E-state index in [0.717, 1.165) is 4.90 Å². The van der Waals surface area contributed by atoms with E-state index in [2.05, 4.69) is 10.6 Å². The summed E-state index contributed by atoms with van der Waals surface area (Å²) in [5, 5.41) is 5.40. The van der Waals surface area contributed by atoms with Gasteiger partial charge in [-0.05, 0) is 48.5 Å². The minimum absolute atomic E-state index is 0.0971. The van der Waals surface area contributed by atoms with Gasteiger partial charge in [0, 0.05) is 29.1 Å². The summed E-state index contributed by atoms with van der Waals surface area (Å²) in [6.45, 7) is 0. The molecule has 4 rings (SSSR count). The fourth-order valence-corrected chi connectivity index (χ4v) is 3.77. The summed E-state index contributed by atoms with van der Waals surface area (Å²) in [6.07, 6.45) is 0. The smallest absolute Gasteiger partial charge is 0.283 e. The first kappa shape index (κ1) is 24.6. The van der Waals surface area contributed by atoms with E-state index < -0.39 is 11.8 Å². The van der Waals surface area contributed by atoms with Crippen molar-refractivity contribution in [1.29, 1.82) is 0 Å². The largest absolute Gasteiger partial charge is 0.497 e. The Bertz CT molecular complexity index is 1370. The Balaban J connectivity index is 1.51. The fourth-order valence-electron chi connectivity index (χ4n) is 3.56. The molecule has 0 saturated heterocycles. The first-order valence-corrected chi connectivity index (χ1v) is 11.1. The van der Waals surface area contributed by atoms with E-state index in [1.807, 2.05) is 0 Å². The van der Waals surface area contributed by atoms with Gasteiger partial charge in [0.25, 0.3) is 17.7 Å². The summed E-state index contributed by atoms with van der Waals surface area (Å²) in [5.41, 5.74) is 1.54. The molecular weight excluding hydrogens is 486 g/mol. The summed E-state index contributed by atoms with van der Waals surface area (Å²) in [6, 6.07) is 18.1. The van der Waals surface area contributed by atoms with Crippen molar-refractivity contribution in [2.24, 2.45) is 0 Å². The van der Waals surface area contributed by atoms with Crippen molar-refractivity contribution >= 4 is 46.4 Å². The highest BCUT2D eigenvalue weighted by Gasteiger charge is 2.40. The van der Waals surface area contributed by atoms with Crippen LogP contribution in [0.2, 0.25) is 0 Å². The molecule has 0 atom stereocenters. The van der Waals surface area contributed by atoms with Crippen molar-refractivity contribution in [1.82, 2.24) is 0 Å². The number of hydrogen-bond acceptors (Lipinski definition) is 7. The van der Waals surface area contributed by atoms with Crippen LogP contribution in [0.15, 0.2) is 77.5 Å².